The summed E-state index contributed by atoms with van der Waals surface area (Å²) in [5, 5.41) is 3.48. The lowest BCUT2D eigenvalue weighted by Gasteiger charge is -2.26. The van der Waals surface area contributed by atoms with Gasteiger partial charge in [0.05, 0.1) is 5.02 Å². The molecule has 0 radical (unpaired) electrons. The predicted molar refractivity (Wildman–Crippen MR) is 85.9 cm³/mol. The quantitative estimate of drug-likeness (QED) is 0.871. The van der Waals surface area contributed by atoms with E-state index in [-0.39, 0.29) is 23.0 Å². The van der Waals surface area contributed by atoms with E-state index in [4.69, 9.17) is 23.2 Å². The second kappa shape index (κ2) is 6.93. The monoisotopic (exact) mass is 370 g/mol. The first-order chi connectivity index (χ1) is 9.87. The van der Waals surface area contributed by atoms with E-state index in [0.29, 0.717) is 28.6 Å². The van der Waals surface area contributed by atoms with E-state index < -0.39 is 20.8 Å². The van der Waals surface area contributed by atoms with Crippen molar-refractivity contribution in [2.75, 3.05) is 31.6 Å². The number of nitrogens with zero attached hydrogens (tertiary/aromatic N) is 1. The summed E-state index contributed by atoms with van der Waals surface area (Å²) < 4.78 is 38.0. The van der Waals surface area contributed by atoms with Crippen LogP contribution in [0.25, 0.3) is 0 Å². The molecule has 9 heteroatoms. The van der Waals surface area contributed by atoms with Gasteiger partial charge in [0.25, 0.3) is 0 Å². The van der Waals surface area contributed by atoms with Gasteiger partial charge in [-0.1, -0.05) is 23.2 Å². The average Bonchev–Trinajstić information content (AvgIpc) is 2.43. The van der Waals surface area contributed by atoms with Gasteiger partial charge in [0.15, 0.2) is 0 Å². The summed E-state index contributed by atoms with van der Waals surface area (Å²) in [4.78, 5) is 0.0477. The number of sulfonamides is 1. The van der Waals surface area contributed by atoms with Crippen LogP contribution >= 0.6 is 23.2 Å². The molecule has 1 heterocycles. The van der Waals surface area contributed by atoms with Gasteiger partial charge in [0.1, 0.15) is 4.90 Å². The van der Waals surface area contributed by atoms with Crippen LogP contribution < -0.4 is 5.32 Å². The number of hydrogen-bond donors (Lipinski definition) is 1. The first-order valence-electron chi connectivity index (χ1n) is 6.34. The third-order valence-electron chi connectivity index (χ3n) is 3.26. The Kier molecular flexibility index (Phi) is 5.67. The standard InChI is InChI=1S/C12H16Cl2N2O3S2/c1-15-8-9-10(13)2-3-11(12(9)14)21(18,19)16-4-6-20(17)7-5-16/h2-3,15H,4-8H2,1H3. The second-order valence-electron chi connectivity index (χ2n) is 4.62. The van der Waals surface area contributed by atoms with Gasteiger partial charge in [0.2, 0.25) is 10.0 Å². The van der Waals surface area contributed by atoms with Crippen LogP contribution in [0.1, 0.15) is 5.56 Å². The van der Waals surface area contributed by atoms with E-state index in [2.05, 4.69) is 5.32 Å². The van der Waals surface area contributed by atoms with Gasteiger partial charge in [-0.15, -0.1) is 0 Å². The molecule has 0 aromatic heterocycles. The van der Waals surface area contributed by atoms with Crippen LogP contribution in [0.3, 0.4) is 0 Å². The number of rotatable bonds is 4. The van der Waals surface area contributed by atoms with Crippen LogP contribution in [0.15, 0.2) is 17.0 Å². The first-order valence-corrected chi connectivity index (χ1v) is 10.0. The Hall–Kier alpha value is -0.180. The minimum atomic E-state index is -3.69. The number of benzene rings is 1. The number of halogens is 2. The predicted octanol–water partition coefficient (Wildman–Crippen LogP) is 1.47. The highest BCUT2D eigenvalue weighted by atomic mass is 35.5. The highest BCUT2D eigenvalue weighted by Gasteiger charge is 2.30. The molecule has 0 unspecified atom stereocenters. The SMILES string of the molecule is CNCc1c(Cl)ccc(S(=O)(=O)N2CCS(=O)CC2)c1Cl. The molecule has 0 aliphatic carbocycles. The Morgan fingerprint density at radius 3 is 2.48 bits per heavy atom. The van der Waals surface area contributed by atoms with Crippen LogP contribution in [-0.4, -0.2) is 48.6 Å². The maximum absolute atomic E-state index is 12.7. The third-order valence-corrected chi connectivity index (χ3v) is 7.37. The van der Waals surface area contributed by atoms with E-state index in [1.807, 2.05) is 0 Å². The van der Waals surface area contributed by atoms with Gasteiger partial charge >= 0.3 is 0 Å². The fourth-order valence-electron chi connectivity index (χ4n) is 2.11. The molecule has 0 spiro atoms. The molecule has 1 N–H and O–H groups in total. The molecule has 1 aliphatic rings. The number of nitrogens with one attached hydrogen (secondary N) is 1. The minimum absolute atomic E-state index is 0.0477. The molecule has 1 saturated heterocycles. The Bertz CT molecular complexity index is 655. The lowest BCUT2D eigenvalue weighted by atomic mass is 10.2. The summed E-state index contributed by atoms with van der Waals surface area (Å²) in [7, 11) is -2.90. The van der Waals surface area contributed by atoms with Crippen LogP contribution in [-0.2, 0) is 27.4 Å². The first kappa shape index (κ1) is 17.2. The van der Waals surface area contributed by atoms with E-state index >= 15 is 0 Å². The fraction of sp³-hybridized carbons (Fsp3) is 0.500. The summed E-state index contributed by atoms with van der Waals surface area (Å²) in [6.07, 6.45) is 0. The normalized spacial score (nSPS) is 18.0. The molecule has 21 heavy (non-hydrogen) atoms. The van der Waals surface area contributed by atoms with Gasteiger partial charge in [-0.2, -0.15) is 4.31 Å². The molecule has 0 amide bonds. The maximum Gasteiger partial charge on any atom is 0.244 e. The molecule has 1 aromatic rings. The Morgan fingerprint density at radius 2 is 1.90 bits per heavy atom. The average molecular weight is 371 g/mol. The fourth-order valence-corrected chi connectivity index (χ4v) is 5.73. The van der Waals surface area contributed by atoms with Crippen LogP contribution in [0.5, 0.6) is 0 Å². The lowest BCUT2D eigenvalue weighted by molar-refractivity contribution is 0.438. The van der Waals surface area contributed by atoms with E-state index in [0.717, 1.165) is 0 Å². The largest absolute Gasteiger partial charge is 0.316 e. The van der Waals surface area contributed by atoms with Crippen molar-refractivity contribution in [2.24, 2.45) is 0 Å². The lowest BCUT2D eigenvalue weighted by Crippen LogP contribution is -2.41. The van der Waals surface area contributed by atoms with Crippen molar-refractivity contribution in [2.45, 2.75) is 11.4 Å². The Morgan fingerprint density at radius 1 is 1.29 bits per heavy atom. The van der Waals surface area contributed by atoms with Crippen LogP contribution in [0, 0.1) is 0 Å². The summed E-state index contributed by atoms with van der Waals surface area (Å²) in [6, 6.07) is 2.96. The second-order valence-corrected chi connectivity index (χ2v) is 9.01. The maximum atomic E-state index is 12.7. The molecule has 0 atom stereocenters. The van der Waals surface area contributed by atoms with Gasteiger partial charge in [0, 0.05) is 52.5 Å². The molecular formula is C12H16Cl2N2O3S2. The molecule has 0 bridgehead atoms. The summed E-state index contributed by atoms with van der Waals surface area (Å²) in [5.74, 6) is 0.710. The molecular weight excluding hydrogens is 355 g/mol. The van der Waals surface area contributed by atoms with Gasteiger partial charge in [-0.25, -0.2) is 8.42 Å². The highest BCUT2D eigenvalue weighted by Crippen LogP contribution is 2.32. The summed E-state index contributed by atoms with van der Waals surface area (Å²) >= 11 is 12.3. The zero-order valence-corrected chi connectivity index (χ0v) is 14.6. The molecule has 5 nitrogen and oxygen atoms in total. The van der Waals surface area contributed by atoms with E-state index in [9.17, 15) is 12.6 Å². The molecule has 1 fully saturated rings. The molecule has 1 aliphatic heterocycles. The molecule has 0 saturated carbocycles. The van der Waals surface area contributed by atoms with Gasteiger partial charge in [-0.05, 0) is 19.2 Å². The van der Waals surface area contributed by atoms with Crippen LogP contribution in [0.4, 0.5) is 0 Å². The highest BCUT2D eigenvalue weighted by molar-refractivity contribution is 7.89. The topological polar surface area (TPSA) is 66.5 Å². The zero-order chi connectivity index (χ0) is 15.6. The minimum Gasteiger partial charge on any atom is -0.316 e. The summed E-state index contributed by atoms with van der Waals surface area (Å²) in [5.41, 5.74) is 0.558. The van der Waals surface area contributed by atoms with Crippen molar-refractivity contribution in [3.8, 4) is 0 Å². The van der Waals surface area contributed by atoms with Crippen molar-refractivity contribution >= 4 is 44.0 Å². The van der Waals surface area contributed by atoms with Crippen LogP contribution in [0.2, 0.25) is 10.0 Å². The van der Waals surface area contributed by atoms with E-state index in [1.165, 1.54) is 16.4 Å². The third kappa shape index (κ3) is 3.60. The van der Waals surface area contributed by atoms with Crippen molar-refractivity contribution < 1.29 is 12.6 Å². The number of hydrogen-bond acceptors (Lipinski definition) is 4. The molecule has 2 rings (SSSR count). The Labute approximate surface area is 137 Å². The summed E-state index contributed by atoms with van der Waals surface area (Å²) in [6.45, 7) is 0.871. The smallest absolute Gasteiger partial charge is 0.244 e. The molecule has 1 aromatic carbocycles. The van der Waals surface area contributed by atoms with Crippen molar-refractivity contribution in [1.29, 1.82) is 0 Å². The van der Waals surface area contributed by atoms with Gasteiger partial charge < -0.3 is 5.32 Å². The van der Waals surface area contributed by atoms with Gasteiger partial charge in [-0.3, -0.25) is 4.21 Å². The van der Waals surface area contributed by atoms with E-state index in [1.54, 1.807) is 7.05 Å². The van der Waals surface area contributed by atoms with Crippen molar-refractivity contribution in [1.82, 2.24) is 9.62 Å². The van der Waals surface area contributed by atoms with Crippen molar-refractivity contribution in [3.05, 3.63) is 27.7 Å². The zero-order valence-electron chi connectivity index (χ0n) is 11.4. The Balaban J connectivity index is 2.41. The van der Waals surface area contributed by atoms with Crippen molar-refractivity contribution in [3.63, 3.8) is 0 Å². The molecule has 118 valence electrons.